The quantitative estimate of drug-likeness (QED) is 0.740. The number of benzene rings is 2. The summed E-state index contributed by atoms with van der Waals surface area (Å²) in [5, 5.41) is 7.57. The molecule has 0 aliphatic heterocycles. The van der Waals surface area contributed by atoms with Crippen molar-refractivity contribution in [2.24, 2.45) is 5.92 Å². The van der Waals surface area contributed by atoms with Crippen LogP contribution in [0.5, 0.6) is 0 Å². The van der Waals surface area contributed by atoms with Crippen LogP contribution in [0.2, 0.25) is 0 Å². The van der Waals surface area contributed by atoms with Gasteiger partial charge in [-0.15, -0.1) is 0 Å². The molecule has 0 saturated carbocycles. The van der Waals surface area contributed by atoms with Crippen molar-refractivity contribution in [1.82, 2.24) is 0 Å². The van der Waals surface area contributed by atoms with Crippen molar-refractivity contribution < 1.29 is 18.4 Å². The molecule has 2 aromatic rings. The molecular weight excluding hydrogens is 328 g/mol. The van der Waals surface area contributed by atoms with Crippen LogP contribution in [0.3, 0.4) is 0 Å². The Kier molecular flexibility index (Phi) is 6.05. The maximum absolute atomic E-state index is 13.5. The Morgan fingerprint density at radius 2 is 1.52 bits per heavy atom. The molecule has 0 saturated heterocycles. The molecule has 3 amide bonds. The van der Waals surface area contributed by atoms with E-state index in [1.54, 1.807) is 24.3 Å². The minimum absolute atomic E-state index is 0.0831. The Labute approximate surface area is 144 Å². The third kappa shape index (κ3) is 5.87. The standard InChI is InChI=1S/C18H19F2N3O2/c1-11(2)9-17(24)21-13-4-6-14(7-5-13)22-18(25)23-16-8-3-12(19)10-15(16)20/h3-8,10-11H,9H2,1-2H3,(H,21,24)(H2,22,23,25). The van der Waals surface area contributed by atoms with E-state index in [1.165, 1.54) is 0 Å². The first-order chi connectivity index (χ1) is 11.8. The number of amides is 3. The van der Waals surface area contributed by atoms with Crippen LogP contribution < -0.4 is 16.0 Å². The lowest BCUT2D eigenvalue weighted by molar-refractivity contribution is -0.116. The molecule has 0 unspecified atom stereocenters. The summed E-state index contributed by atoms with van der Waals surface area (Å²) in [5.74, 6) is -1.41. The van der Waals surface area contributed by atoms with E-state index < -0.39 is 17.7 Å². The van der Waals surface area contributed by atoms with Crippen molar-refractivity contribution in [1.29, 1.82) is 0 Å². The maximum Gasteiger partial charge on any atom is 0.323 e. The zero-order valence-corrected chi connectivity index (χ0v) is 13.9. The molecule has 0 aromatic heterocycles. The summed E-state index contributed by atoms with van der Waals surface area (Å²) >= 11 is 0. The molecule has 132 valence electrons. The first kappa shape index (κ1) is 18.4. The Morgan fingerprint density at radius 1 is 0.920 bits per heavy atom. The summed E-state index contributed by atoms with van der Waals surface area (Å²) in [6, 6.07) is 8.70. The zero-order valence-electron chi connectivity index (χ0n) is 13.9. The molecule has 0 spiro atoms. The minimum Gasteiger partial charge on any atom is -0.326 e. The van der Waals surface area contributed by atoms with Crippen molar-refractivity contribution in [3.8, 4) is 0 Å². The van der Waals surface area contributed by atoms with Crippen LogP contribution in [0.4, 0.5) is 30.6 Å². The Morgan fingerprint density at radius 3 is 2.08 bits per heavy atom. The topological polar surface area (TPSA) is 70.2 Å². The SMILES string of the molecule is CC(C)CC(=O)Nc1ccc(NC(=O)Nc2ccc(F)cc2F)cc1. The zero-order chi connectivity index (χ0) is 18.4. The van der Waals surface area contributed by atoms with Gasteiger partial charge in [0.2, 0.25) is 5.91 Å². The number of rotatable bonds is 5. The van der Waals surface area contributed by atoms with Crippen molar-refractivity contribution in [2.45, 2.75) is 20.3 Å². The van der Waals surface area contributed by atoms with E-state index in [2.05, 4.69) is 16.0 Å². The second-order valence-electron chi connectivity index (χ2n) is 5.93. The number of halogens is 2. The minimum atomic E-state index is -0.863. The summed E-state index contributed by atoms with van der Waals surface area (Å²) in [6.07, 6.45) is 0.422. The van der Waals surface area contributed by atoms with E-state index >= 15 is 0 Å². The van der Waals surface area contributed by atoms with Crippen LogP contribution in [0, 0.1) is 17.6 Å². The lowest BCUT2D eigenvalue weighted by Crippen LogP contribution is -2.20. The Bertz CT molecular complexity index is 761. The van der Waals surface area contributed by atoms with Crippen molar-refractivity contribution in [2.75, 3.05) is 16.0 Å². The molecule has 0 atom stereocenters. The molecule has 3 N–H and O–H groups in total. The molecule has 0 aliphatic carbocycles. The van der Waals surface area contributed by atoms with Gasteiger partial charge >= 0.3 is 6.03 Å². The van der Waals surface area contributed by atoms with Gasteiger partial charge in [-0.3, -0.25) is 4.79 Å². The number of hydrogen-bond acceptors (Lipinski definition) is 2. The number of carbonyl (C=O) groups excluding carboxylic acids is 2. The smallest absolute Gasteiger partial charge is 0.323 e. The van der Waals surface area contributed by atoms with Gasteiger partial charge in [-0.05, 0) is 42.3 Å². The number of carbonyl (C=O) groups is 2. The second kappa shape index (κ2) is 8.23. The van der Waals surface area contributed by atoms with E-state index in [9.17, 15) is 18.4 Å². The lowest BCUT2D eigenvalue weighted by atomic mass is 10.1. The average Bonchev–Trinajstić information content (AvgIpc) is 2.51. The predicted octanol–water partition coefficient (Wildman–Crippen LogP) is 4.59. The number of nitrogens with one attached hydrogen (secondary N) is 3. The largest absolute Gasteiger partial charge is 0.326 e. The van der Waals surface area contributed by atoms with Gasteiger partial charge in [-0.2, -0.15) is 0 Å². The first-order valence-electron chi connectivity index (χ1n) is 7.76. The molecule has 0 aliphatic rings. The highest BCUT2D eigenvalue weighted by molar-refractivity contribution is 6.00. The van der Waals surface area contributed by atoms with Crippen LogP contribution in [-0.4, -0.2) is 11.9 Å². The fraction of sp³-hybridized carbons (Fsp3) is 0.222. The predicted molar refractivity (Wildman–Crippen MR) is 93.5 cm³/mol. The maximum atomic E-state index is 13.5. The van der Waals surface area contributed by atoms with Crippen LogP contribution >= 0.6 is 0 Å². The second-order valence-corrected chi connectivity index (χ2v) is 5.93. The van der Waals surface area contributed by atoms with Crippen LogP contribution in [-0.2, 0) is 4.79 Å². The van der Waals surface area contributed by atoms with E-state index in [4.69, 9.17) is 0 Å². The summed E-state index contributed by atoms with van der Waals surface area (Å²) in [5.41, 5.74) is 0.944. The van der Waals surface area contributed by atoms with Gasteiger partial charge in [0.05, 0.1) is 5.69 Å². The van der Waals surface area contributed by atoms with Gasteiger partial charge in [-0.1, -0.05) is 13.8 Å². The highest BCUT2D eigenvalue weighted by atomic mass is 19.1. The van der Waals surface area contributed by atoms with E-state index in [0.717, 1.165) is 12.1 Å². The summed E-state index contributed by atoms with van der Waals surface area (Å²) in [6.45, 7) is 3.91. The molecule has 0 bridgehead atoms. The molecule has 5 nitrogen and oxygen atoms in total. The average molecular weight is 347 g/mol. The highest BCUT2D eigenvalue weighted by Crippen LogP contribution is 2.17. The highest BCUT2D eigenvalue weighted by Gasteiger charge is 2.09. The van der Waals surface area contributed by atoms with Crippen molar-refractivity contribution in [3.05, 3.63) is 54.1 Å². The summed E-state index contributed by atoms with van der Waals surface area (Å²) < 4.78 is 26.3. The lowest BCUT2D eigenvalue weighted by Gasteiger charge is -2.10. The fourth-order valence-electron chi connectivity index (χ4n) is 2.10. The number of urea groups is 1. The van der Waals surface area contributed by atoms with E-state index in [0.29, 0.717) is 23.9 Å². The number of anilines is 3. The molecule has 25 heavy (non-hydrogen) atoms. The Balaban J connectivity index is 1.92. The van der Waals surface area contributed by atoms with Crippen LogP contribution in [0.25, 0.3) is 0 Å². The fourth-order valence-corrected chi connectivity index (χ4v) is 2.10. The van der Waals surface area contributed by atoms with Gasteiger partial charge in [0.15, 0.2) is 0 Å². The first-order valence-corrected chi connectivity index (χ1v) is 7.76. The molecule has 7 heteroatoms. The van der Waals surface area contributed by atoms with Gasteiger partial charge in [0, 0.05) is 23.9 Å². The van der Waals surface area contributed by atoms with Gasteiger partial charge in [0.25, 0.3) is 0 Å². The molecular formula is C18H19F2N3O2. The van der Waals surface area contributed by atoms with Gasteiger partial charge in [0.1, 0.15) is 11.6 Å². The third-order valence-electron chi connectivity index (χ3n) is 3.20. The molecule has 2 aromatic carbocycles. The Hall–Kier alpha value is -2.96. The van der Waals surface area contributed by atoms with Crippen LogP contribution in [0.1, 0.15) is 20.3 Å². The monoisotopic (exact) mass is 347 g/mol. The molecule has 0 fully saturated rings. The number of hydrogen-bond donors (Lipinski definition) is 3. The van der Waals surface area contributed by atoms with Gasteiger partial charge in [-0.25, -0.2) is 13.6 Å². The summed E-state index contributed by atoms with van der Waals surface area (Å²) in [7, 11) is 0. The third-order valence-corrected chi connectivity index (χ3v) is 3.20. The van der Waals surface area contributed by atoms with E-state index in [1.807, 2.05) is 13.8 Å². The van der Waals surface area contributed by atoms with Gasteiger partial charge < -0.3 is 16.0 Å². The molecule has 0 heterocycles. The van der Waals surface area contributed by atoms with Crippen molar-refractivity contribution >= 4 is 29.0 Å². The van der Waals surface area contributed by atoms with Crippen LogP contribution in [0.15, 0.2) is 42.5 Å². The summed E-state index contributed by atoms with van der Waals surface area (Å²) in [4.78, 5) is 23.5. The molecule has 2 rings (SSSR count). The van der Waals surface area contributed by atoms with E-state index in [-0.39, 0.29) is 17.5 Å². The molecule has 0 radical (unpaired) electrons. The van der Waals surface area contributed by atoms with Crippen molar-refractivity contribution in [3.63, 3.8) is 0 Å². The normalized spacial score (nSPS) is 10.4.